The highest BCUT2D eigenvalue weighted by Gasteiger charge is 2.24. The molecular formula is C31H34N4O2. The van der Waals surface area contributed by atoms with E-state index in [4.69, 9.17) is 10.5 Å². The number of rotatable bonds is 11. The first-order chi connectivity index (χ1) is 18.0. The number of ketones is 1. The first-order valence-corrected chi connectivity index (χ1v) is 12.9. The summed E-state index contributed by atoms with van der Waals surface area (Å²) in [4.78, 5) is 13.5. The van der Waals surface area contributed by atoms with Crippen molar-refractivity contribution >= 4 is 5.78 Å². The molecule has 1 saturated carbocycles. The number of carbonyl (C=O) groups excluding carboxylic acids is 1. The number of aromatic nitrogens is 2. The van der Waals surface area contributed by atoms with Crippen LogP contribution in [0.2, 0.25) is 0 Å². The zero-order valence-corrected chi connectivity index (χ0v) is 21.5. The van der Waals surface area contributed by atoms with Crippen LogP contribution in [0.15, 0.2) is 78.9 Å². The van der Waals surface area contributed by atoms with Gasteiger partial charge in [0.2, 0.25) is 0 Å². The summed E-state index contributed by atoms with van der Waals surface area (Å²) >= 11 is 0. The third-order valence-electron chi connectivity index (χ3n) is 6.91. The van der Waals surface area contributed by atoms with Crippen LogP contribution in [-0.4, -0.2) is 29.2 Å². The third-order valence-corrected chi connectivity index (χ3v) is 6.91. The molecule has 1 aliphatic rings. The van der Waals surface area contributed by atoms with E-state index in [1.165, 1.54) is 18.4 Å². The van der Waals surface area contributed by atoms with Crippen LogP contribution in [0.25, 0.3) is 5.69 Å². The van der Waals surface area contributed by atoms with Crippen molar-refractivity contribution in [3.63, 3.8) is 0 Å². The van der Waals surface area contributed by atoms with Gasteiger partial charge in [-0.15, -0.1) is 0 Å². The third kappa shape index (κ3) is 5.98. The lowest BCUT2D eigenvalue weighted by molar-refractivity contribution is 0.0985. The lowest BCUT2D eigenvalue weighted by Crippen LogP contribution is -2.24. The highest BCUT2D eigenvalue weighted by Crippen LogP contribution is 2.31. The van der Waals surface area contributed by atoms with E-state index in [1.807, 2.05) is 61.5 Å². The SMILES string of the molecule is COc1ccc(C(NCC2CC2)c2cccc(CC(=O)c3cc(C)nn3-c3cccc(CN)c3)c2)cc1. The number of aryl methyl sites for hydroxylation is 1. The van der Waals surface area contributed by atoms with E-state index in [0.717, 1.165) is 46.3 Å². The maximum Gasteiger partial charge on any atom is 0.185 e. The summed E-state index contributed by atoms with van der Waals surface area (Å²) in [5.74, 6) is 1.63. The second-order valence-corrected chi connectivity index (χ2v) is 9.86. The Morgan fingerprint density at radius 1 is 1.03 bits per heavy atom. The van der Waals surface area contributed by atoms with Crippen molar-refractivity contribution in [3.8, 4) is 11.4 Å². The van der Waals surface area contributed by atoms with Crippen LogP contribution < -0.4 is 15.8 Å². The molecule has 0 saturated heterocycles. The largest absolute Gasteiger partial charge is 0.497 e. The van der Waals surface area contributed by atoms with Crippen LogP contribution >= 0.6 is 0 Å². The molecule has 1 fully saturated rings. The number of benzene rings is 3. The Kier molecular flexibility index (Phi) is 7.49. The summed E-state index contributed by atoms with van der Waals surface area (Å²) in [6, 6.07) is 26.3. The van der Waals surface area contributed by atoms with Gasteiger partial charge in [-0.05, 0) is 84.8 Å². The molecule has 1 aliphatic carbocycles. The van der Waals surface area contributed by atoms with Crippen LogP contribution in [0.5, 0.6) is 5.75 Å². The molecule has 6 nitrogen and oxygen atoms in total. The molecule has 190 valence electrons. The van der Waals surface area contributed by atoms with Crippen molar-refractivity contribution in [1.29, 1.82) is 0 Å². The minimum Gasteiger partial charge on any atom is -0.497 e. The molecule has 5 rings (SSSR count). The van der Waals surface area contributed by atoms with Gasteiger partial charge in [-0.3, -0.25) is 4.79 Å². The monoisotopic (exact) mass is 494 g/mol. The molecule has 3 aromatic carbocycles. The molecule has 37 heavy (non-hydrogen) atoms. The summed E-state index contributed by atoms with van der Waals surface area (Å²) in [6.45, 7) is 3.33. The average Bonchev–Trinajstić information content (AvgIpc) is 3.67. The van der Waals surface area contributed by atoms with Crippen molar-refractivity contribution in [1.82, 2.24) is 15.1 Å². The normalized spacial score (nSPS) is 13.9. The number of hydrogen-bond donors (Lipinski definition) is 2. The number of Topliss-reactive ketones (excluding diaryl/α,β-unsaturated/α-hetero) is 1. The standard InChI is InChI=1S/C31H34N4O2/c1-21-15-29(35(34-21)27-8-4-6-24(17-27)19-32)30(36)18-23-5-3-7-26(16-23)31(33-20-22-9-10-22)25-11-13-28(37-2)14-12-25/h3-8,11-17,22,31,33H,9-10,18-20,32H2,1-2H3. The van der Waals surface area contributed by atoms with E-state index in [2.05, 4.69) is 34.7 Å². The van der Waals surface area contributed by atoms with Crippen molar-refractivity contribution in [2.24, 2.45) is 11.7 Å². The van der Waals surface area contributed by atoms with Crippen molar-refractivity contribution < 1.29 is 9.53 Å². The van der Waals surface area contributed by atoms with E-state index in [9.17, 15) is 4.79 Å². The topological polar surface area (TPSA) is 82.2 Å². The Bertz CT molecular complexity index is 1370. The van der Waals surface area contributed by atoms with Crippen LogP contribution in [0.3, 0.4) is 0 Å². The average molecular weight is 495 g/mol. The maximum atomic E-state index is 13.5. The van der Waals surface area contributed by atoms with Gasteiger partial charge in [0.25, 0.3) is 0 Å². The predicted molar refractivity (Wildman–Crippen MR) is 146 cm³/mol. The van der Waals surface area contributed by atoms with Crippen LogP contribution in [0, 0.1) is 12.8 Å². The van der Waals surface area contributed by atoms with Gasteiger partial charge in [-0.1, -0.05) is 48.5 Å². The van der Waals surface area contributed by atoms with Gasteiger partial charge in [0.1, 0.15) is 11.4 Å². The van der Waals surface area contributed by atoms with Gasteiger partial charge in [0.05, 0.1) is 24.5 Å². The molecule has 6 heteroatoms. The lowest BCUT2D eigenvalue weighted by atomic mass is 9.95. The van der Waals surface area contributed by atoms with Crippen LogP contribution in [0.1, 0.15) is 57.3 Å². The Morgan fingerprint density at radius 2 is 1.78 bits per heavy atom. The molecule has 0 radical (unpaired) electrons. The number of methoxy groups -OCH3 is 1. The van der Waals surface area contributed by atoms with Crippen molar-refractivity contribution in [3.05, 3.63) is 113 Å². The summed E-state index contributed by atoms with van der Waals surface area (Å²) in [7, 11) is 1.68. The van der Waals surface area contributed by atoms with Gasteiger partial charge >= 0.3 is 0 Å². The summed E-state index contributed by atoms with van der Waals surface area (Å²) in [6.07, 6.45) is 2.88. The fraction of sp³-hybridized carbons (Fsp3) is 0.290. The smallest absolute Gasteiger partial charge is 0.185 e. The second kappa shape index (κ2) is 11.1. The maximum absolute atomic E-state index is 13.5. The summed E-state index contributed by atoms with van der Waals surface area (Å²) in [5.41, 5.74) is 12.4. The molecule has 1 aromatic heterocycles. The Labute approximate surface area is 218 Å². The minimum atomic E-state index is 0.0304. The molecule has 4 aromatic rings. The quantitative estimate of drug-likeness (QED) is 0.281. The number of carbonyl (C=O) groups is 1. The molecule has 0 bridgehead atoms. The van der Waals surface area contributed by atoms with E-state index < -0.39 is 0 Å². The van der Waals surface area contributed by atoms with E-state index in [-0.39, 0.29) is 11.8 Å². The Hall–Kier alpha value is -3.74. The first-order valence-electron chi connectivity index (χ1n) is 12.9. The van der Waals surface area contributed by atoms with E-state index >= 15 is 0 Å². The lowest BCUT2D eigenvalue weighted by Gasteiger charge is -2.21. The molecule has 1 unspecified atom stereocenters. The van der Waals surface area contributed by atoms with Gasteiger partial charge in [-0.25, -0.2) is 4.68 Å². The molecule has 0 amide bonds. The van der Waals surface area contributed by atoms with Crippen molar-refractivity contribution in [2.75, 3.05) is 13.7 Å². The second-order valence-electron chi connectivity index (χ2n) is 9.86. The molecule has 0 spiro atoms. The Balaban J connectivity index is 1.40. The van der Waals surface area contributed by atoms with Crippen LogP contribution in [0.4, 0.5) is 0 Å². The summed E-state index contributed by atoms with van der Waals surface area (Å²) < 4.78 is 7.09. The molecule has 1 heterocycles. The van der Waals surface area contributed by atoms with Gasteiger partial charge in [0, 0.05) is 13.0 Å². The minimum absolute atomic E-state index is 0.0304. The van der Waals surface area contributed by atoms with Gasteiger partial charge in [-0.2, -0.15) is 5.10 Å². The van der Waals surface area contributed by atoms with E-state index in [0.29, 0.717) is 18.7 Å². The Morgan fingerprint density at radius 3 is 2.51 bits per heavy atom. The molecule has 0 aliphatic heterocycles. The number of ether oxygens (including phenoxy) is 1. The zero-order chi connectivity index (χ0) is 25.8. The predicted octanol–water partition coefficient (Wildman–Crippen LogP) is 5.16. The highest BCUT2D eigenvalue weighted by molar-refractivity contribution is 5.96. The van der Waals surface area contributed by atoms with E-state index in [1.54, 1.807) is 11.8 Å². The summed E-state index contributed by atoms with van der Waals surface area (Å²) in [5, 5.41) is 8.36. The zero-order valence-electron chi connectivity index (χ0n) is 21.5. The van der Waals surface area contributed by atoms with Gasteiger partial charge in [0.15, 0.2) is 5.78 Å². The highest BCUT2D eigenvalue weighted by atomic mass is 16.5. The van der Waals surface area contributed by atoms with Crippen molar-refractivity contribution in [2.45, 2.75) is 38.8 Å². The molecule has 1 atom stereocenters. The molecular weight excluding hydrogens is 460 g/mol. The van der Waals surface area contributed by atoms with Crippen LogP contribution in [-0.2, 0) is 13.0 Å². The van der Waals surface area contributed by atoms with Gasteiger partial charge < -0.3 is 15.8 Å². The number of nitrogens with two attached hydrogens (primary N) is 1. The number of hydrogen-bond acceptors (Lipinski definition) is 5. The number of nitrogens with zero attached hydrogens (tertiary/aromatic N) is 2. The first kappa shape index (κ1) is 24.9. The molecule has 3 N–H and O–H groups in total. The fourth-order valence-electron chi connectivity index (χ4n) is 4.70. The number of nitrogens with one attached hydrogen (secondary N) is 1. The fourth-order valence-corrected chi connectivity index (χ4v) is 4.70.